The number of hydrogen-bond acceptors (Lipinski definition) is 12. The van der Waals surface area contributed by atoms with Crippen LogP contribution in [-0.2, 0) is 47.1 Å². The summed E-state index contributed by atoms with van der Waals surface area (Å²) in [6.07, 6.45) is 6.27. The van der Waals surface area contributed by atoms with Crippen molar-refractivity contribution in [3.05, 3.63) is 161 Å². The molecule has 0 spiro atoms. The molecular weight excluding hydrogens is 692 g/mol. The van der Waals surface area contributed by atoms with Gasteiger partial charge in [0.25, 0.3) is 10.2 Å². The van der Waals surface area contributed by atoms with Gasteiger partial charge in [0.15, 0.2) is 0 Å². The number of aryl methyl sites for hydroxylation is 1. The zero-order chi connectivity index (χ0) is 36.9. The standard InChI is InChI=1S/C37H34N4O10S/c1-2-3-14-35-38-22-31(20-30(21-32-11-8-19-52-32)37(43)51-34-13-7-5-10-29(34)25-49-41(46)47)39(35)23-26-15-17-27(18-16-26)36(42)50-33-12-6-4-9-28(33)24-48-40(44)45/h4-13,15-20,22H,2-3,14,21,23-25H2,1H3. The van der Waals surface area contributed by atoms with Crippen LogP contribution in [0.4, 0.5) is 0 Å². The molecule has 3 aromatic carbocycles. The summed E-state index contributed by atoms with van der Waals surface area (Å²) < 4.78 is 13.3. The highest BCUT2D eigenvalue weighted by Crippen LogP contribution is 2.25. The first-order chi connectivity index (χ1) is 25.2. The maximum Gasteiger partial charge on any atom is 0.343 e. The van der Waals surface area contributed by atoms with Crippen molar-refractivity contribution < 1.29 is 38.9 Å². The summed E-state index contributed by atoms with van der Waals surface area (Å²) in [5.74, 6) is -0.150. The molecule has 14 nitrogen and oxygen atoms in total. The van der Waals surface area contributed by atoms with Crippen LogP contribution in [0.25, 0.3) is 6.08 Å². The van der Waals surface area contributed by atoms with Gasteiger partial charge in [0, 0.05) is 41.0 Å². The summed E-state index contributed by atoms with van der Waals surface area (Å²) in [6.45, 7) is 1.72. The summed E-state index contributed by atoms with van der Waals surface area (Å²) in [6, 6.07) is 23.5. The maximum absolute atomic E-state index is 13.7. The zero-order valence-electron chi connectivity index (χ0n) is 28.0. The Bertz CT molecular complexity index is 2040. The van der Waals surface area contributed by atoms with Crippen molar-refractivity contribution in [2.24, 2.45) is 0 Å². The molecule has 2 aromatic heterocycles. The van der Waals surface area contributed by atoms with E-state index in [1.54, 1.807) is 79.0 Å². The van der Waals surface area contributed by atoms with Crippen LogP contribution in [0, 0.1) is 20.2 Å². The molecule has 0 atom stereocenters. The number of ether oxygens (including phenoxy) is 2. The first kappa shape index (κ1) is 36.9. The number of esters is 2. The molecule has 0 aliphatic rings. The number of hydrogen-bond donors (Lipinski definition) is 0. The molecule has 2 heterocycles. The van der Waals surface area contributed by atoms with Crippen LogP contribution in [0.15, 0.2) is 102 Å². The quantitative estimate of drug-likeness (QED) is 0.0293. The third-order valence-corrected chi connectivity index (χ3v) is 8.66. The average Bonchev–Trinajstić information content (AvgIpc) is 3.79. The number of unbranched alkanes of at least 4 members (excludes halogenated alkanes) is 1. The molecule has 15 heteroatoms. The first-order valence-electron chi connectivity index (χ1n) is 16.2. The molecule has 0 saturated carbocycles. The van der Waals surface area contributed by atoms with Gasteiger partial charge in [-0.15, -0.1) is 31.6 Å². The molecule has 0 unspecified atom stereocenters. The van der Waals surface area contributed by atoms with E-state index in [0.29, 0.717) is 35.4 Å². The lowest BCUT2D eigenvalue weighted by atomic mass is 10.1. The molecule has 0 radical (unpaired) electrons. The number of para-hydroxylation sites is 2. The number of benzene rings is 3. The second-order valence-electron chi connectivity index (χ2n) is 11.4. The minimum Gasteiger partial charge on any atom is -0.423 e. The highest BCUT2D eigenvalue weighted by atomic mass is 32.1. The van der Waals surface area contributed by atoms with Crippen molar-refractivity contribution in [3.8, 4) is 11.5 Å². The van der Waals surface area contributed by atoms with Crippen molar-refractivity contribution in [2.45, 2.75) is 52.4 Å². The highest BCUT2D eigenvalue weighted by molar-refractivity contribution is 7.09. The van der Waals surface area contributed by atoms with Crippen molar-refractivity contribution in [2.75, 3.05) is 0 Å². The molecule has 0 amide bonds. The molecule has 52 heavy (non-hydrogen) atoms. The number of carbonyl (C=O) groups is 2. The fourth-order valence-corrected chi connectivity index (χ4v) is 5.89. The summed E-state index contributed by atoms with van der Waals surface area (Å²) in [5.41, 5.74) is 2.82. The lowest BCUT2D eigenvalue weighted by Crippen LogP contribution is -2.15. The summed E-state index contributed by atoms with van der Waals surface area (Å²) in [5, 5.41) is 21.6. The molecule has 0 aliphatic heterocycles. The number of carbonyl (C=O) groups excluding carboxylic acids is 2. The Kier molecular flexibility index (Phi) is 12.8. The lowest BCUT2D eigenvalue weighted by Gasteiger charge is -2.14. The van der Waals surface area contributed by atoms with Crippen molar-refractivity contribution in [3.63, 3.8) is 0 Å². The molecule has 5 aromatic rings. The van der Waals surface area contributed by atoms with Crippen LogP contribution in [0.2, 0.25) is 0 Å². The molecule has 5 rings (SSSR count). The number of rotatable bonds is 18. The summed E-state index contributed by atoms with van der Waals surface area (Å²) in [7, 11) is 0. The van der Waals surface area contributed by atoms with Crippen molar-refractivity contribution in [1.29, 1.82) is 0 Å². The van der Waals surface area contributed by atoms with Crippen LogP contribution in [0.5, 0.6) is 11.5 Å². The van der Waals surface area contributed by atoms with E-state index in [9.17, 15) is 29.8 Å². The zero-order valence-corrected chi connectivity index (χ0v) is 28.9. The van der Waals surface area contributed by atoms with Gasteiger partial charge in [-0.1, -0.05) is 67.9 Å². The summed E-state index contributed by atoms with van der Waals surface area (Å²) >= 11 is 1.49. The van der Waals surface area contributed by atoms with Gasteiger partial charge in [-0.2, -0.15) is 0 Å². The van der Waals surface area contributed by atoms with Gasteiger partial charge in [0.05, 0.1) is 17.5 Å². The molecular formula is C37H34N4O10S. The van der Waals surface area contributed by atoms with E-state index >= 15 is 0 Å². The van der Waals surface area contributed by atoms with E-state index in [1.165, 1.54) is 17.4 Å². The van der Waals surface area contributed by atoms with Gasteiger partial charge >= 0.3 is 11.9 Å². The normalized spacial score (nSPS) is 11.1. The largest absolute Gasteiger partial charge is 0.423 e. The smallest absolute Gasteiger partial charge is 0.343 e. The van der Waals surface area contributed by atoms with E-state index < -0.39 is 22.1 Å². The van der Waals surface area contributed by atoms with E-state index in [4.69, 9.17) is 9.47 Å². The maximum atomic E-state index is 13.7. The Hall–Kier alpha value is -6.35. The predicted octanol–water partition coefficient (Wildman–Crippen LogP) is 7.20. The monoisotopic (exact) mass is 726 g/mol. The van der Waals surface area contributed by atoms with E-state index in [2.05, 4.69) is 21.6 Å². The Morgan fingerprint density at radius 2 is 1.48 bits per heavy atom. The number of imidazole rings is 1. The highest BCUT2D eigenvalue weighted by Gasteiger charge is 2.19. The van der Waals surface area contributed by atoms with Gasteiger partial charge in [-0.05, 0) is 53.8 Å². The van der Waals surface area contributed by atoms with Gasteiger partial charge in [0.2, 0.25) is 0 Å². The lowest BCUT2D eigenvalue weighted by molar-refractivity contribution is -0.763. The van der Waals surface area contributed by atoms with Gasteiger partial charge in [0.1, 0.15) is 30.5 Å². The van der Waals surface area contributed by atoms with E-state index in [0.717, 1.165) is 29.1 Å². The Morgan fingerprint density at radius 3 is 2.08 bits per heavy atom. The van der Waals surface area contributed by atoms with Crippen molar-refractivity contribution in [1.82, 2.24) is 9.55 Å². The minimum absolute atomic E-state index is 0.149. The topological polar surface area (TPSA) is 175 Å². The molecule has 268 valence electrons. The average molecular weight is 727 g/mol. The molecule has 0 bridgehead atoms. The van der Waals surface area contributed by atoms with E-state index in [1.807, 2.05) is 22.1 Å². The van der Waals surface area contributed by atoms with Crippen LogP contribution in [-0.4, -0.2) is 31.7 Å². The van der Waals surface area contributed by atoms with Crippen LogP contribution >= 0.6 is 11.3 Å². The Labute approximate surface area is 302 Å². The molecule has 0 aliphatic carbocycles. The van der Waals surface area contributed by atoms with Gasteiger partial charge < -0.3 is 23.7 Å². The fourth-order valence-electron chi connectivity index (χ4n) is 5.17. The first-order valence-corrected chi connectivity index (χ1v) is 17.1. The third kappa shape index (κ3) is 10.3. The summed E-state index contributed by atoms with van der Waals surface area (Å²) in [4.78, 5) is 62.8. The van der Waals surface area contributed by atoms with Crippen LogP contribution < -0.4 is 9.47 Å². The van der Waals surface area contributed by atoms with Crippen molar-refractivity contribution >= 4 is 29.4 Å². The van der Waals surface area contributed by atoms with Gasteiger partial charge in [-0.3, -0.25) is 0 Å². The predicted molar refractivity (Wildman–Crippen MR) is 189 cm³/mol. The van der Waals surface area contributed by atoms with Gasteiger partial charge in [-0.25, -0.2) is 14.6 Å². The number of aromatic nitrogens is 2. The Morgan fingerprint density at radius 1 is 0.846 bits per heavy atom. The van der Waals surface area contributed by atoms with Crippen LogP contribution in [0.3, 0.4) is 0 Å². The molecule has 0 saturated heterocycles. The number of thiophene rings is 1. The number of nitrogens with zero attached hydrogens (tertiary/aromatic N) is 4. The third-order valence-electron chi connectivity index (χ3n) is 7.78. The minimum atomic E-state index is -0.914. The molecule has 0 fully saturated rings. The second kappa shape index (κ2) is 18.1. The second-order valence-corrected chi connectivity index (χ2v) is 12.4. The molecule has 0 N–H and O–H groups in total. The SMILES string of the molecule is CCCCc1ncc(C=C(Cc2cccs2)C(=O)Oc2ccccc2CO[N+](=O)[O-])n1Cc1ccc(C(=O)Oc2ccccc2CO[N+](=O)[O-])cc1. The van der Waals surface area contributed by atoms with E-state index in [-0.39, 0.29) is 36.7 Å². The fraction of sp³-hybridized carbons (Fsp3) is 0.216. The van der Waals surface area contributed by atoms with Crippen LogP contribution in [0.1, 0.15) is 63.2 Å². The Balaban J connectivity index is 1.39.